The average Bonchev–Trinajstić information content (AvgIpc) is 3.77. The number of allylic oxidation sites excluding steroid dienone is 2. The van der Waals surface area contributed by atoms with Gasteiger partial charge in [-0.1, -0.05) is 17.3 Å². The number of rotatable bonds is 14. The normalized spacial score (nSPS) is 29.2. The number of aromatic nitrogens is 3. The third-order valence-electron chi connectivity index (χ3n) is 9.64. The quantitative estimate of drug-likeness (QED) is 0.0687. The Hall–Kier alpha value is -4.91. The fourth-order valence-electron chi connectivity index (χ4n) is 6.72. The van der Waals surface area contributed by atoms with E-state index >= 15 is 0 Å². The van der Waals surface area contributed by atoms with Crippen LogP contribution in [0.25, 0.3) is 5.57 Å². The van der Waals surface area contributed by atoms with Gasteiger partial charge in [0.05, 0.1) is 48.6 Å². The summed E-state index contributed by atoms with van der Waals surface area (Å²) in [6.07, 6.45) is -15.4. The van der Waals surface area contributed by atoms with Gasteiger partial charge in [-0.05, 0) is 31.0 Å². The molecule has 23 heteroatoms. The summed E-state index contributed by atoms with van der Waals surface area (Å²) in [6, 6.07) is 11.7. The van der Waals surface area contributed by atoms with Crippen molar-refractivity contribution in [3.63, 3.8) is 0 Å². The smallest absolute Gasteiger partial charge is 0.264 e. The number of nitriles is 3. The highest BCUT2D eigenvalue weighted by atomic mass is 32.2. The number of benzene rings is 1. The summed E-state index contributed by atoms with van der Waals surface area (Å²) in [7, 11) is -4.15. The van der Waals surface area contributed by atoms with E-state index in [1.807, 2.05) is 17.9 Å². The van der Waals surface area contributed by atoms with Crippen LogP contribution in [-0.4, -0.2) is 162 Å². The van der Waals surface area contributed by atoms with Crippen LogP contribution in [-0.2, 0) is 35.7 Å². The SMILES string of the molecule is CCN(CCCS(=O)(=O)O)c1ccc(C2=C(C#N)C(=C(C#N)C#N)N(Cc3cn([C@@H]4O[C@H](CO)[C@@H](O[C@H]5O[C@H](CO)[C@@H](O)[C@H](O)[C@H]5O)[C@H](O)[C@H]4O)nn3)C2=O)cc1. The fraction of sp³-hybridized carbons (Fsp3) is 0.529. The Kier molecular flexibility index (Phi) is 13.7. The molecule has 1 amide bonds. The molecule has 306 valence electrons. The molecule has 0 aliphatic carbocycles. The summed E-state index contributed by atoms with van der Waals surface area (Å²) in [6.45, 7) is 0.559. The van der Waals surface area contributed by atoms with Gasteiger partial charge < -0.3 is 54.9 Å². The second-order valence-electron chi connectivity index (χ2n) is 13.2. The minimum Gasteiger partial charge on any atom is -0.394 e. The van der Waals surface area contributed by atoms with Crippen molar-refractivity contribution in [3.8, 4) is 18.2 Å². The Morgan fingerprint density at radius 2 is 1.61 bits per heavy atom. The molecule has 3 aliphatic heterocycles. The highest BCUT2D eigenvalue weighted by molar-refractivity contribution is 7.85. The van der Waals surface area contributed by atoms with Crippen LogP contribution in [0.5, 0.6) is 0 Å². The minimum absolute atomic E-state index is 0.000946. The fourth-order valence-corrected chi connectivity index (χ4v) is 7.22. The molecule has 10 atom stereocenters. The maximum absolute atomic E-state index is 14.0. The summed E-state index contributed by atoms with van der Waals surface area (Å²) in [5.41, 5.74) is -0.346. The van der Waals surface area contributed by atoms with Crippen LogP contribution < -0.4 is 4.90 Å². The standard InChI is InChI=1S/C34H40N8O14S/c1-2-40(8-3-9-57(51,52)53)20-6-4-17(5-7-20)24-21(12-37)25(18(10-35)11-36)41(32(24)50)13-19-14-42(39-38-19)33-29(48)28(47)31(23(16-44)54-33)56-34-30(49)27(46)26(45)22(15-43)55-34/h4-7,14,22-23,26-31,33-34,43-49H,2-3,8-9,13,15-16H2,1H3,(H,51,52,53)/t22-,23-,26-,27+,28-,29-,30-,31-,33-,34-/m1/s1. The molecule has 22 nitrogen and oxygen atoms in total. The van der Waals surface area contributed by atoms with Gasteiger partial charge in [0.15, 0.2) is 18.1 Å². The minimum atomic E-state index is -4.15. The number of amides is 1. The molecule has 8 N–H and O–H groups in total. The second-order valence-corrected chi connectivity index (χ2v) is 14.8. The maximum Gasteiger partial charge on any atom is 0.264 e. The highest BCUT2D eigenvalue weighted by Crippen LogP contribution is 2.39. The molecule has 2 aromatic rings. The first-order chi connectivity index (χ1) is 27.1. The number of ether oxygens (including phenoxy) is 3. The predicted molar refractivity (Wildman–Crippen MR) is 188 cm³/mol. The van der Waals surface area contributed by atoms with Crippen molar-refractivity contribution in [2.24, 2.45) is 0 Å². The van der Waals surface area contributed by atoms with Crippen molar-refractivity contribution in [3.05, 3.63) is 58.6 Å². The molecule has 0 radical (unpaired) electrons. The van der Waals surface area contributed by atoms with Crippen molar-refractivity contribution in [1.29, 1.82) is 15.8 Å². The molecule has 5 rings (SSSR count). The number of carbonyl (C=O) groups excluding carboxylic acids is 1. The van der Waals surface area contributed by atoms with E-state index < -0.39 is 108 Å². The molecule has 0 bridgehead atoms. The third kappa shape index (κ3) is 8.98. The predicted octanol–water partition coefficient (Wildman–Crippen LogP) is -3.20. The van der Waals surface area contributed by atoms with Gasteiger partial charge in [-0.3, -0.25) is 14.2 Å². The van der Waals surface area contributed by atoms with Crippen molar-refractivity contribution >= 4 is 27.3 Å². The number of carbonyl (C=O) groups is 1. The van der Waals surface area contributed by atoms with Gasteiger partial charge in [0.1, 0.15) is 72.7 Å². The molecule has 0 saturated carbocycles. The van der Waals surface area contributed by atoms with Gasteiger partial charge >= 0.3 is 0 Å². The number of aliphatic hydroxyl groups is 7. The van der Waals surface area contributed by atoms with Crippen LogP contribution in [0.1, 0.15) is 30.8 Å². The van der Waals surface area contributed by atoms with E-state index in [1.165, 1.54) is 6.20 Å². The Labute approximate surface area is 325 Å². The summed E-state index contributed by atoms with van der Waals surface area (Å²) < 4.78 is 49.0. The molecule has 2 saturated heterocycles. The summed E-state index contributed by atoms with van der Waals surface area (Å²) in [4.78, 5) is 16.8. The number of anilines is 1. The topological polar surface area (TPSA) is 349 Å². The van der Waals surface area contributed by atoms with E-state index in [-0.39, 0.29) is 41.1 Å². The number of hydrogen-bond acceptors (Lipinski definition) is 19. The Morgan fingerprint density at radius 3 is 2.19 bits per heavy atom. The molecule has 57 heavy (non-hydrogen) atoms. The maximum atomic E-state index is 14.0. The Bertz CT molecular complexity index is 2070. The van der Waals surface area contributed by atoms with E-state index in [0.717, 1.165) is 9.58 Å². The largest absolute Gasteiger partial charge is 0.394 e. The lowest BCUT2D eigenvalue weighted by molar-refractivity contribution is -0.347. The van der Waals surface area contributed by atoms with Crippen molar-refractivity contribution in [2.75, 3.05) is 37.0 Å². The van der Waals surface area contributed by atoms with Gasteiger partial charge in [0, 0.05) is 18.8 Å². The second kappa shape index (κ2) is 18.1. The zero-order valence-corrected chi connectivity index (χ0v) is 30.9. The first-order valence-electron chi connectivity index (χ1n) is 17.4. The van der Waals surface area contributed by atoms with E-state index in [4.69, 9.17) is 18.8 Å². The molecule has 1 aromatic carbocycles. The zero-order valence-electron chi connectivity index (χ0n) is 30.1. The first-order valence-corrected chi connectivity index (χ1v) is 19.0. The van der Waals surface area contributed by atoms with Crippen LogP contribution in [0, 0.1) is 34.0 Å². The van der Waals surface area contributed by atoms with Gasteiger partial charge in [0.2, 0.25) is 0 Å². The van der Waals surface area contributed by atoms with Crippen LogP contribution >= 0.6 is 0 Å². The van der Waals surface area contributed by atoms with Gasteiger partial charge in [-0.25, -0.2) is 4.68 Å². The third-order valence-corrected chi connectivity index (χ3v) is 10.4. The van der Waals surface area contributed by atoms with Crippen molar-refractivity contribution < 1.29 is 67.7 Å². The van der Waals surface area contributed by atoms with Gasteiger partial charge in [-0.2, -0.15) is 24.2 Å². The lowest BCUT2D eigenvalue weighted by Gasteiger charge is -2.45. The number of hydrogen-bond donors (Lipinski definition) is 8. The Morgan fingerprint density at radius 1 is 0.947 bits per heavy atom. The molecule has 4 heterocycles. The number of nitrogens with zero attached hydrogens (tertiary/aromatic N) is 8. The van der Waals surface area contributed by atoms with E-state index in [9.17, 15) is 64.7 Å². The van der Waals surface area contributed by atoms with Crippen LogP contribution in [0.3, 0.4) is 0 Å². The van der Waals surface area contributed by atoms with E-state index in [2.05, 4.69) is 10.3 Å². The van der Waals surface area contributed by atoms with Crippen molar-refractivity contribution in [1.82, 2.24) is 19.9 Å². The first kappa shape index (κ1) is 43.2. The Balaban J connectivity index is 1.36. The molecule has 2 fully saturated rings. The monoisotopic (exact) mass is 816 g/mol. The molecule has 0 unspecified atom stereocenters. The molecular weight excluding hydrogens is 776 g/mol. The van der Waals surface area contributed by atoms with E-state index in [0.29, 0.717) is 12.2 Å². The average molecular weight is 817 g/mol. The summed E-state index contributed by atoms with van der Waals surface area (Å²) in [5.74, 6) is -1.21. The molecule has 1 aromatic heterocycles. The van der Waals surface area contributed by atoms with E-state index in [1.54, 1.807) is 36.4 Å². The lowest BCUT2D eigenvalue weighted by atomic mass is 9.96. The van der Waals surface area contributed by atoms with Crippen LogP contribution in [0.4, 0.5) is 5.69 Å². The molecule has 0 spiro atoms. The lowest BCUT2D eigenvalue weighted by Crippen LogP contribution is -2.63. The molecular formula is C34H40N8O14S. The van der Waals surface area contributed by atoms with Crippen LogP contribution in [0.2, 0.25) is 0 Å². The highest BCUT2D eigenvalue weighted by Gasteiger charge is 2.51. The van der Waals surface area contributed by atoms with Crippen LogP contribution in [0.15, 0.2) is 47.3 Å². The van der Waals surface area contributed by atoms with Crippen molar-refractivity contribution in [2.45, 2.75) is 81.2 Å². The van der Waals surface area contributed by atoms with Gasteiger partial charge in [0.25, 0.3) is 16.0 Å². The number of aliphatic hydroxyl groups excluding tert-OH is 7. The van der Waals surface area contributed by atoms with Gasteiger partial charge in [-0.15, -0.1) is 5.10 Å². The molecule has 3 aliphatic rings. The zero-order chi connectivity index (χ0) is 41.8. The summed E-state index contributed by atoms with van der Waals surface area (Å²) in [5, 5.41) is 110. The summed E-state index contributed by atoms with van der Waals surface area (Å²) >= 11 is 0.